The Bertz CT molecular complexity index is 1440. The van der Waals surface area contributed by atoms with Crippen LogP contribution in [0.3, 0.4) is 0 Å². The Balaban J connectivity index is 1.56. The molecular formula is C28H38N6O2. The average molecular weight is 491 g/mol. The van der Waals surface area contributed by atoms with E-state index in [0.717, 1.165) is 61.1 Å². The van der Waals surface area contributed by atoms with Gasteiger partial charge in [-0.05, 0) is 73.0 Å². The van der Waals surface area contributed by atoms with Crippen molar-refractivity contribution in [2.75, 3.05) is 26.7 Å². The first kappa shape index (κ1) is 24.6. The summed E-state index contributed by atoms with van der Waals surface area (Å²) >= 11 is 0. The summed E-state index contributed by atoms with van der Waals surface area (Å²) in [6, 6.07) is 6.50. The number of likely N-dealkylation sites (tertiary alicyclic amines) is 1. The molecule has 0 saturated carbocycles. The third kappa shape index (κ3) is 4.66. The van der Waals surface area contributed by atoms with Gasteiger partial charge in [-0.25, -0.2) is 14.3 Å². The van der Waals surface area contributed by atoms with E-state index in [1.807, 2.05) is 16.8 Å². The van der Waals surface area contributed by atoms with E-state index in [4.69, 9.17) is 4.74 Å². The number of ether oxygens (including phenoxy) is 1. The topological polar surface area (TPSA) is 80.5 Å². The lowest BCUT2D eigenvalue weighted by atomic mass is 9.91. The molecule has 1 aromatic carbocycles. The highest BCUT2D eigenvalue weighted by atomic mass is 16.5. The first-order valence-electron chi connectivity index (χ1n) is 13.0. The normalized spacial score (nSPS) is 17.5. The monoisotopic (exact) mass is 490 g/mol. The van der Waals surface area contributed by atoms with Crippen LogP contribution in [0.1, 0.15) is 71.4 Å². The van der Waals surface area contributed by atoms with Crippen molar-refractivity contribution in [1.82, 2.24) is 29.0 Å². The maximum Gasteiger partial charge on any atom is 0.326 e. The Kier molecular flexibility index (Phi) is 6.41. The molecule has 4 heterocycles. The predicted octanol–water partition coefficient (Wildman–Crippen LogP) is 5.24. The van der Waals surface area contributed by atoms with Crippen LogP contribution < -0.4 is 10.4 Å². The van der Waals surface area contributed by atoms with Crippen molar-refractivity contribution in [3.8, 4) is 16.9 Å². The zero-order valence-corrected chi connectivity index (χ0v) is 22.3. The summed E-state index contributed by atoms with van der Waals surface area (Å²) in [5.74, 6) is 0.943. The van der Waals surface area contributed by atoms with Gasteiger partial charge in [0.1, 0.15) is 6.33 Å². The summed E-state index contributed by atoms with van der Waals surface area (Å²) in [5, 5.41) is 4.33. The Hall–Kier alpha value is -3.13. The van der Waals surface area contributed by atoms with Gasteiger partial charge >= 0.3 is 5.69 Å². The fourth-order valence-corrected chi connectivity index (χ4v) is 5.41. The van der Waals surface area contributed by atoms with Crippen LogP contribution in [0.4, 0.5) is 0 Å². The Labute approximate surface area is 212 Å². The zero-order valence-electron chi connectivity index (χ0n) is 22.3. The Morgan fingerprint density at radius 3 is 2.75 bits per heavy atom. The van der Waals surface area contributed by atoms with Gasteiger partial charge in [0.25, 0.3) is 0 Å². The number of H-pyrrole nitrogens is 1. The minimum absolute atomic E-state index is 0.0242. The number of rotatable bonds is 6. The van der Waals surface area contributed by atoms with Gasteiger partial charge in [-0.3, -0.25) is 4.57 Å². The number of hydrogen-bond donors (Lipinski definition) is 1. The van der Waals surface area contributed by atoms with E-state index in [9.17, 15) is 4.79 Å². The van der Waals surface area contributed by atoms with Gasteiger partial charge in [0.15, 0.2) is 11.4 Å². The molecule has 1 aliphatic heterocycles. The van der Waals surface area contributed by atoms with E-state index >= 15 is 0 Å². The fraction of sp³-hybridized carbons (Fsp3) is 0.536. The maximum absolute atomic E-state index is 13.3. The Morgan fingerprint density at radius 2 is 2.03 bits per heavy atom. The van der Waals surface area contributed by atoms with Gasteiger partial charge in [-0.1, -0.05) is 34.6 Å². The summed E-state index contributed by atoms with van der Waals surface area (Å²) in [6.45, 7) is 14.4. The van der Waals surface area contributed by atoms with E-state index in [1.54, 1.807) is 11.6 Å². The van der Waals surface area contributed by atoms with E-state index in [1.165, 1.54) is 11.9 Å². The molecule has 1 fully saturated rings. The molecule has 0 aliphatic carbocycles. The molecule has 1 saturated heterocycles. The molecule has 192 valence electrons. The molecule has 36 heavy (non-hydrogen) atoms. The number of methoxy groups -OCH3 is 1. The van der Waals surface area contributed by atoms with Crippen molar-refractivity contribution in [1.29, 1.82) is 0 Å². The third-order valence-corrected chi connectivity index (χ3v) is 7.41. The molecule has 1 atom stereocenters. The summed E-state index contributed by atoms with van der Waals surface area (Å²) in [7, 11) is 1.65. The van der Waals surface area contributed by atoms with E-state index in [-0.39, 0.29) is 17.6 Å². The van der Waals surface area contributed by atoms with Crippen molar-refractivity contribution >= 4 is 16.7 Å². The fourth-order valence-electron chi connectivity index (χ4n) is 5.41. The van der Waals surface area contributed by atoms with Crippen molar-refractivity contribution in [3.63, 3.8) is 0 Å². The first-order valence-corrected chi connectivity index (χ1v) is 13.0. The molecule has 4 aromatic rings. The third-order valence-electron chi connectivity index (χ3n) is 7.41. The highest BCUT2D eigenvalue weighted by Crippen LogP contribution is 2.36. The number of benzene rings is 1. The average Bonchev–Trinajstić information content (AvgIpc) is 3.44. The second-order valence-electron chi connectivity index (χ2n) is 11.6. The molecular weight excluding hydrogens is 452 g/mol. The summed E-state index contributed by atoms with van der Waals surface area (Å²) in [6.07, 6.45) is 6.80. The van der Waals surface area contributed by atoms with Gasteiger partial charge in [0.05, 0.1) is 24.2 Å². The molecule has 8 heteroatoms. The van der Waals surface area contributed by atoms with Crippen molar-refractivity contribution in [3.05, 3.63) is 46.8 Å². The first-order chi connectivity index (χ1) is 17.1. The summed E-state index contributed by atoms with van der Waals surface area (Å²) in [4.78, 5) is 23.3. The van der Waals surface area contributed by atoms with Gasteiger partial charge in [0.2, 0.25) is 0 Å². The van der Waals surface area contributed by atoms with E-state index in [2.05, 4.69) is 66.7 Å². The summed E-state index contributed by atoms with van der Waals surface area (Å²) in [5.41, 5.74) is 6.06. The van der Waals surface area contributed by atoms with Crippen LogP contribution in [-0.4, -0.2) is 55.8 Å². The van der Waals surface area contributed by atoms with Crippen LogP contribution in [0.15, 0.2) is 35.5 Å². The molecule has 0 amide bonds. The van der Waals surface area contributed by atoms with Crippen LogP contribution in [0, 0.1) is 5.41 Å². The number of pyridine rings is 1. The minimum Gasteiger partial charge on any atom is -0.493 e. The van der Waals surface area contributed by atoms with Gasteiger partial charge in [-0.15, -0.1) is 0 Å². The van der Waals surface area contributed by atoms with Crippen molar-refractivity contribution < 1.29 is 4.74 Å². The maximum atomic E-state index is 13.3. The minimum atomic E-state index is -0.0242. The van der Waals surface area contributed by atoms with Gasteiger partial charge in [-0.2, -0.15) is 5.10 Å². The number of piperidine rings is 1. The van der Waals surface area contributed by atoms with Crippen LogP contribution in [-0.2, 0) is 0 Å². The highest BCUT2D eigenvalue weighted by Gasteiger charge is 2.26. The van der Waals surface area contributed by atoms with Crippen LogP contribution in [0.5, 0.6) is 5.75 Å². The highest BCUT2D eigenvalue weighted by molar-refractivity contribution is 5.85. The molecule has 0 radical (unpaired) electrons. The largest absolute Gasteiger partial charge is 0.493 e. The number of aromatic nitrogens is 5. The van der Waals surface area contributed by atoms with Gasteiger partial charge in [0, 0.05) is 18.3 Å². The number of hydrogen-bond acceptors (Lipinski definition) is 5. The lowest BCUT2D eigenvalue weighted by Gasteiger charge is -2.35. The predicted molar refractivity (Wildman–Crippen MR) is 144 cm³/mol. The Morgan fingerprint density at radius 1 is 1.22 bits per heavy atom. The molecule has 0 spiro atoms. The lowest BCUT2D eigenvalue weighted by Crippen LogP contribution is -2.40. The smallest absolute Gasteiger partial charge is 0.326 e. The zero-order chi connectivity index (χ0) is 25.6. The van der Waals surface area contributed by atoms with E-state index < -0.39 is 0 Å². The molecule has 1 N–H and O–H groups in total. The number of fused-ring (bicyclic) bond motifs is 2. The SMILES string of the molecule is COc1cc(-c2cc3[nH]c(=O)n([C@@H]4CCCN(CCC(C)(C)C)C4)c3cc2C(C)C)cn2ncnc12. The number of nitrogens with zero attached hydrogens (tertiary/aromatic N) is 5. The summed E-state index contributed by atoms with van der Waals surface area (Å²) < 4.78 is 9.35. The standard InChI is InChI=1S/C28H38N6O2/c1-18(2)21-14-24-23(13-22(21)19-12-25(36-6)26-29-17-30-33(26)15-19)31-27(35)34(24)20-8-7-10-32(16-20)11-9-28(3,4)5/h12-15,17-18,20H,7-11,16H2,1-6H3,(H,31,35)/t20-/m1/s1. The van der Waals surface area contributed by atoms with Crippen molar-refractivity contribution in [2.45, 2.75) is 65.8 Å². The van der Waals surface area contributed by atoms with E-state index in [0.29, 0.717) is 16.8 Å². The lowest BCUT2D eigenvalue weighted by molar-refractivity contribution is 0.157. The van der Waals surface area contributed by atoms with Crippen molar-refractivity contribution in [2.24, 2.45) is 5.41 Å². The number of imidazole rings is 1. The number of aromatic amines is 1. The van der Waals surface area contributed by atoms with Gasteiger partial charge < -0.3 is 14.6 Å². The molecule has 0 bridgehead atoms. The molecule has 1 aliphatic rings. The second-order valence-corrected chi connectivity index (χ2v) is 11.6. The number of nitrogens with one attached hydrogen (secondary N) is 1. The molecule has 3 aromatic heterocycles. The second kappa shape index (κ2) is 9.39. The van der Waals surface area contributed by atoms with Crippen LogP contribution in [0.25, 0.3) is 27.8 Å². The van der Waals surface area contributed by atoms with Crippen LogP contribution in [0.2, 0.25) is 0 Å². The quantitative estimate of drug-likeness (QED) is 0.400. The molecule has 8 nitrogen and oxygen atoms in total. The molecule has 0 unspecified atom stereocenters. The van der Waals surface area contributed by atoms with Crippen LogP contribution >= 0.6 is 0 Å². The molecule has 5 rings (SSSR count).